The van der Waals surface area contributed by atoms with Crippen molar-refractivity contribution < 1.29 is 0 Å². The molecule has 2 atom stereocenters. The Morgan fingerprint density at radius 2 is 2.33 bits per heavy atom. The van der Waals surface area contributed by atoms with Crippen molar-refractivity contribution in [1.29, 1.82) is 5.26 Å². The Labute approximate surface area is 111 Å². The second kappa shape index (κ2) is 4.72. The van der Waals surface area contributed by atoms with E-state index in [4.69, 9.17) is 16.9 Å². The summed E-state index contributed by atoms with van der Waals surface area (Å²) in [5.41, 5.74) is 2.81. The SMILES string of the molecule is N#Cc1cc(C2=C[C@H]3CNC[C@H]3CC2)cnc1Cl. The number of nitrogens with zero attached hydrogens (tertiary/aromatic N) is 2. The van der Waals surface area contributed by atoms with Crippen molar-refractivity contribution in [2.75, 3.05) is 13.1 Å². The summed E-state index contributed by atoms with van der Waals surface area (Å²) in [4.78, 5) is 4.10. The molecule has 3 rings (SSSR count). The lowest BCUT2D eigenvalue weighted by atomic mass is 9.81. The minimum Gasteiger partial charge on any atom is -0.316 e. The zero-order valence-electron chi connectivity index (χ0n) is 9.99. The van der Waals surface area contributed by atoms with E-state index in [0.717, 1.165) is 31.0 Å². The van der Waals surface area contributed by atoms with Crippen LogP contribution in [0.5, 0.6) is 0 Å². The molecule has 18 heavy (non-hydrogen) atoms. The maximum absolute atomic E-state index is 8.99. The first-order chi connectivity index (χ1) is 8.78. The number of hydrogen-bond donors (Lipinski definition) is 1. The summed E-state index contributed by atoms with van der Waals surface area (Å²) in [6.07, 6.45) is 6.41. The maximum atomic E-state index is 8.99. The molecule has 1 saturated heterocycles. The van der Waals surface area contributed by atoms with Gasteiger partial charge in [0.2, 0.25) is 0 Å². The normalized spacial score (nSPS) is 26.3. The largest absolute Gasteiger partial charge is 0.316 e. The van der Waals surface area contributed by atoms with Gasteiger partial charge in [-0.1, -0.05) is 17.7 Å². The third-order valence-corrected chi connectivity index (χ3v) is 4.22. The number of nitriles is 1. The molecule has 0 saturated carbocycles. The number of aromatic nitrogens is 1. The van der Waals surface area contributed by atoms with E-state index >= 15 is 0 Å². The molecule has 0 bridgehead atoms. The molecule has 1 aliphatic carbocycles. The quantitative estimate of drug-likeness (QED) is 0.789. The molecule has 1 aromatic heterocycles. The van der Waals surface area contributed by atoms with Gasteiger partial charge in [-0.3, -0.25) is 0 Å². The summed E-state index contributed by atoms with van der Waals surface area (Å²) in [5, 5.41) is 12.7. The number of halogens is 1. The molecule has 1 fully saturated rings. The van der Waals surface area contributed by atoms with E-state index in [-0.39, 0.29) is 5.15 Å². The third-order valence-electron chi connectivity index (χ3n) is 3.92. The number of fused-ring (bicyclic) bond motifs is 1. The Morgan fingerprint density at radius 1 is 1.44 bits per heavy atom. The van der Waals surface area contributed by atoms with Gasteiger partial charge in [-0.2, -0.15) is 5.26 Å². The Hall–Kier alpha value is -1.37. The van der Waals surface area contributed by atoms with E-state index in [0.29, 0.717) is 11.5 Å². The van der Waals surface area contributed by atoms with E-state index in [1.807, 2.05) is 6.07 Å². The van der Waals surface area contributed by atoms with Crippen LogP contribution in [0.25, 0.3) is 5.57 Å². The highest BCUT2D eigenvalue weighted by Crippen LogP contribution is 2.35. The van der Waals surface area contributed by atoms with E-state index in [1.54, 1.807) is 6.20 Å². The van der Waals surface area contributed by atoms with Crippen LogP contribution < -0.4 is 5.32 Å². The van der Waals surface area contributed by atoms with Crippen molar-refractivity contribution in [3.63, 3.8) is 0 Å². The van der Waals surface area contributed by atoms with Crippen LogP contribution in [0.2, 0.25) is 5.15 Å². The van der Waals surface area contributed by atoms with E-state index in [2.05, 4.69) is 22.4 Å². The summed E-state index contributed by atoms with van der Waals surface area (Å²) in [6.45, 7) is 2.21. The van der Waals surface area contributed by atoms with Gasteiger partial charge in [-0.25, -0.2) is 4.98 Å². The lowest BCUT2D eigenvalue weighted by molar-refractivity contribution is 0.448. The van der Waals surface area contributed by atoms with Gasteiger partial charge in [0, 0.05) is 12.7 Å². The van der Waals surface area contributed by atoms with Gasteiger partial charge < -0.3 is 5.32 Å². The van der Waals surface area contributed by atoms with Crippen molar-refractivity contribution in [2.24, 2.45) is 11.8 Å². The Kier molecular flexibility index (Phi) is 3.07. The van der Waals surface area contributed by atoms with Gasteiger partial charge >= 0.3 is 0 Å². The molecule has 0 unspecified atom stereocenters. The molecular weight excluding hydrogens is 246 g/mol. The molecule has 0 spiro atoms. The second-order valence-electron chi connectivity index (χ2n) is 4.99. The predicted molar refractivity (Wildman–Crippen MR) is 71.0 cm³/mol. The van der Waals surface area contributed by atoms with Crippen molar-refractivity contribution in [1.82, 2.24) is 10.3 Å². The molecule has 3 nitrogen and oxygen atoms in total. The van der Waals surface area contributed by atoms with Gasteiger partial charge in [0.15, 0.2) is 0 Å². The van der Waals surface area contributed by atoms with Gasteiger partial charge in [-0.05, 0) is 48.4 Å². The molecule has 0 aromatic carbocycles. The standard InChI is InChI=1S/C14H14ClN3/c15-14-11(5-16)4-13(8-18-14)9-1-2-10-6-17-7-12(10)3-9/h3-4,8,10,12,17H,1-2,6-7H2/t10-,12+/m1/s1. The van der Waals surface area contributed by atoms with Crippen molar-refractivity contribution in [2.45, 2.75) is 12.8 Å². The molecular formula is C14H14ClN3. The second-order valence-corrected chi connectivity index (χ2v) is 5.34. The molecule has 0 amide bonds. The van der Waals surface area contributed by atoms with E-state index < -0.39 is 0 Å². The van der Waals surface area contributed by atoms with Crippen LogP contribution in [0, 0.1) is 23.2 Å². The Morgan fingerprint density at radius 3 is 3.17 bits per heavy atom. The van der Waals surface area contributed by atoms with E-state index in [1.165, 1.54) is 12.0 Å². The van der Waals surface area contributed by atoms with Crippen LogP contribution in [0.15, 0.2) is 18.3 Å². The molecule has 2 aliphatic rings. The van der Waals surface area contributed by atoms with Crippen molar-refractivity contribution >= 4 is 17.2 Å². The first kappa shape index (κ1) is 11.7. The average Bonchev–Trinajstić information content (AvgIpc) is 2.86. The predicted octanol–water partition coefficient (Wildman–Crippen LogP) is 2.62. The highest BCUT2D eigenvalue weighted by Gasteiger charge is 2.29. The van der Waals surface area contributed by atoms with E-state index in [9.17, 15) is 0 Å². The molecule has 1 aromatic rings. The monoisotopic (exact) mass is 259 g/mol. The van der Waals surface area contributed by atoms with Crippen LogP contribution in [-0.2, 0) is 0 Å². The average molecular weight is 260 g/mol. The van der Waals surface area contributed by atoms with Crippen LogP contribution >= 0.6 is 11.6 Å². The molecule has 1 aliphatic heterocycles. The summed E-state index contributed by atoms with van der Waals surface area (Å²) < 4.78 is 0. The highest BCUT2D eigenvalue weighted by molar-refractivity contribution is 6.30. The number of allylic oxidation sites excluding steroid dienone is 1. The maximum Gasteiger partial charge on any atom is 0.146 e. The molecule has 0 radical (unpaired) electrons. The number of hydrogen-bond acceptors (Lipinski definition) is 3. The summed E-state index contributed by atoms with van der Waals surface area (Å²) in [5.74, 6) is 1.42. The topological polar surface area (TPSA) is 48.7 Å². The van der Waals surface area contributed by atoms with Crippen molar-refractivity contribution in [3.8, 4) is 6.07 Å². The zero-order chi connectivity index (χ0) is 12.5. The van der Waals surface area contributed by atoms with Crippen molar-refractivity contribution in [3.05, 3.63) is 34.6 Å². The molecule has 2 heterocycles. The fraction of sp³-hybridized carbons (Fsp3) is 0.429. The minimum atomic E-state index is 0.290. The van der Waals surface area contributed by atoms with Gasteiger partial charge in [0.25, 0.3) is 0 Å². The summed E-state index contributed by atoms with van der Waals surface area (Å²) in [7, 11) is 0. The fourth-order valence-corrected chi connectivity index (χ4v) is 3.04. The number of nitrogens with one attached hydrogen (secondary N) is 1. The summed E-state index contributed by atoms with van der Waals surface area (Å²) >= 11 is 5.86. The lowest BCUT2D eigenvalue weighted by Gasteiger charge is -2.23. The Balaban J connectivity index is 1.93. The van der Waals surface area contributed by atoms with Crippen LogP contribution in [0.4, 0.5) is 0 Å². The number of rotatable bonds is 1. The van der Waals surface area contributed by atoms with Gasteiger partial charge in [-0.15, -0.1) is 0 Å². The smallest absolute Gasteiger partial charge is 0.146 e. The zero-order valence-corrected chi connectivity index (χ0v) is 10.7. The van der Waals surface area contributed by atoms with Gasteiger partial charge in [0.1, 0.15) is 11.2 Å². The Bertz CT molecular complexity index is 544. The first-order valence-electron chi connectivity index (χ1n) is 6.25. The molecule has 4 heteroatoms. The molecule has 92 valence electrons. The fourth-order valence-electron chi connectivity index (χ4n) is 2.89. The van der Waals surface area contributed by atoms with Crippen LogP contribution in [-0.4, -0.2) is 18.1 Å². The lowest BCUT2D eigenvalue weighted by Crippen LogP contribution is -2.15. The summed E-state index contributed by atoms with van der Waals surface area (Å²) in [6, 6.07) is 3.94. The highest BCUT2D eigenvalue weighted by atomic mass is 35.5. The van der Waals surface area contributed by atoms with Gasteiger partial charge in [0.05, 0.1) is 5.56 Å². The first-order valence-corrected chi connectivity index (χ1v) is 6.63. The minimum absolute atomic E-state index is 0.290. The van der Waals surface area contributed by atoms with Crippen LogP contribution in [0.3, 0.4) is 0 Å². The number of pyridine rings is 1. The molecule has 1 N–H and O–H groups in total. The van der Waals surface area contributed by atoms with Crippen LogP contribution in [0.1, 0.15) is 24.0 Å². The third kappa shape index (κ3) is 2.03.